The number of methoxy groups -OCH3 is 1. The number of carbonyl (C=O) groups is 1. The van der Waals surface area contributed by atoms with Crippen molar-refractivity contribution in [2.24, 2.45) is 0 Å². The van der Waals surface area contributed by atoms with Gasteiger partial charge >= 0.3 is 0 Å². The summed E-state index contributed by atoms with van der Waals surface area (Å²) in [5, 5.41) is 14.1. The lowest BCUT2D eigenvalue weighted by Gasteiger charge is -2.31. The van der Waals surface area contributed by atoms with Crippen molar-refractivity contribution in [1.82, 2.24) is 10.2 Å². The number of nitrogens with one attached hydrogen (secondary N) is 1. The summed E-state index contributed by atoms with van der Waals surface area (Å²) in [6.07, 6.45) is -0.0831. The first kappa shape index (κ1) is 26.6. The number of fused-ring (bicyclic) bond motifs is 1. The van der Waals surface area contributed by atoms with E-state index in [0.29, 0.717) is 49.1 Å². The minimum absolute atomic E-state index is 0.104. The molecule has 2 atom stereocenters. The van der Waals surface area contributed by atoms with E-state index >= 15 is 0 Å². The molecule has 3 rings (SSSR count). The van der Waals surface area contributed by atoms with Crippen LogP contribution >= 0.6 is 0 Å². The summed E-state index contributed by atoms with van der Waals surface area (Å²) >= 11 is 0. The third-order valence-electron chi connectivity index (χ3n) is 5.69. The number of hydrogen-bond donors (Lipinski definition) is 2. The molecule has 192 valence electrons. The molecule has 2 N–H and O–H groups in total. The van der Waals surface area contributed by atoms with Crippen molar-refractivity contribution in [1.29, 1.82) is 0 Å². The molecule has 0 spiro atoms. The fourth-order valence-corrected chi connectivity index (χ4v) is 3.92. The van der Waals surface area contributed by atoms with Gasteiger partial charge in [0.05, 0.1) is 26.2 Å². The number of aliphatic hydroxyl groups excluding tert-OH is 1. The maximum atomic E-state index is 13.1. The number of benzene rings is 2. The van der Waals surface area contributed by atoms with Gasteiger partial charge in [-0.05, 0) is 54.9 Å². The molecular weight excluding hydrogens is 455 g/mol. The number of ether oxygens (including phenoxy) is 4. The number of alkyl halides is 1. The molecule has 0 unspecified atom stereocenters. The van der Waals surface area contributed by atoms with Gasteiger partial charge in [0.2, 0.25) is 5.91 Å². The van der Waals surface area contributed by atoms with Crippen LogP contribution in [0.4, 0.5) is 4.39 Å². The van der Waals surface area contributed by atoms with Crippen LogP contribution < -0.4 is 24.3 Å². The zero-order valence-electron chi connectivity index (χ0n) is 20.4. The Labute approximate surface area is 205 Å². The van der Waals surface area contributed by atoms with Crippen molar-refractivity contribution in [2.45, 2.75) is 31.9 Å². The molecular formula is C26H35FN2O6. The highest BCUT2D eigenvalue weighted by atomic mass is 19.1. The predicted octanol–water partition coefficient (Wildman–Crippen LogP) is 3.14. The number of amides is 1. The Hall–Kier alpha value is -3.04. The molecule has 0 aromatic heterocycles. The van der Waals surface area contributed by atoms with E-state index in [9.17, 15) is 14.3 Å². The first-order valence-corrected chi connectivity index (χ1v) is 12.0. The van der Waals surface area contributed by atoms with E-state index in [1.54, 1.807) is 49.6 Å². The molecule has 0 radical (unpaired) electrons. The molecule has 0 saturated heterocycles. The molecule has 0 fully saturated rings. The van der Waals surface area contributed by atoms with Crippen LogP contribution in [0.15, 0.2) is 42.5 Å². The summed E-state index contributed by atoms with van der Waals surface area (Å²) < 4.78 is 35.1. The van der Waals surface area contributed by atoms with E-state index in [0.717, 1.165) is 12.2 Å². The Kier molecular flexibility index (Phi) is 10.4. The number of rotatable bonds is 14. The number of halogens is 1. The number of aliphatic hydroxyl groups is 1. The quantitative estimate of drug-likeness (QED) is 0.421. The van der Waals surface area contributed by atoms with E-state index in [2.05, 4.69) is 5.32 Å². The monoisotopic (exact) mass is 490 g/mol. The number of hydrogen-bond acceptors (Lipinski definition) is 7. The van der Waals surface area contributed by atoms with E-state index in [4.69, 9.17) is 18.9 Å². The van der Waals surface area contributed by atoms with E-state index in [1.807, 2.05) is 11.8 Å². The Morgan fingerprint density at radius 3 is 2.51 bits per heavy atom. The van der Waals surface area contributed by atoms with Gasteiger partial charge in [-0.25, -0.2) is 4.39 Å². The zero-order valence-corrected chi connectivity index (χ0v) is 20.4. The summed E-state index contributed by atoms with van der Waals surface area (Å²) in [5.41, 5.74) is 0.589. The van der Waals surface area contributed by atoms with Gasteiger partial charge in [-0.1, -0.05) is 13.0 Å². The van der Waals surface area contributed by atoms with Crippen LogP contribution in [0.2, 0.25) is 0 Å². The zero-order chi connectivity index (χ0) is 25.0. The lowest BCUT2D eigenvalue weighted by Crippen LogP contribution is -2.48. The van der Waals surface area contributed by atoms with Gasteiger partial charge in [0.25, 0.3) is 0 Å². The standard InChI is InChI=1S/C26H35FN2O6/c1-3-12-29(13-11-27)18-22(26(31)19-4-9-23-24(17-19)35-16-15-34-23)28-25(30)10-14-33-21-7-5-20(32-2)6-8-21/h4-9,17,22,26,31H,3,10-16,18H2,1-2H3,(H,28,30)/t22-,26-/m1/s1. The third-order valence-corrected chi connectivity index (χ3v) is 5.69. The summed E-state index contributed by atoms with van der Waals surface area (Å²) in [4.78, 5) is 14.7. The Bertz CT molecular complexity index is 921. The van der Waals surface area contributed by atoms with Gasteiger partial charge in [0.1, 0.15) is 37.5 Å². The van der Waals surface area contributed by atoms with Crippen LogP contribution in [0.5, 0.6) is 23.0 Å². The first-order valence-electron chi connectivity index (χ1n) is 12.0. The Morgan fingerprint density at radius 1 is 1.11 bits per heavy atom. The van der Waals surface area contributed by atoms with E-state index in [-0.39, 0.29) is 25.5 Å². The third kappa shape index (κ3) is 8.00. The van der Waals surface area contributed by atoms with Crippen LogP contribution in [-0.2, 0) is 4.79 Å². The summed E-state index contributed by atoms with van der Waals surface area (Å²) in [6, 6.07) is 11.7. The second-order valence-electron chi connectivity index (χ2n) is 8.29. The van der Waals surface area contributed by atoms with Gasteiger partial charge in [-0.2, -0.15) is 0 Å². The number of carbonyl (C=O) groups excluding carboxylic acids is 1. The second-order valence-corrected chi connectivity index (χ2v) is 8.29. The predicted molar refractivity (Wildman–Crippen MR) is 130 cm³/mol. The van der Waals surface area contributed by atoms with Crippen molar-refractivity contribution in [3.63, 3.8) is 0 Å². The van der Waals surface area contributed by atoms with Crippen molar-refractivity contribution in [3.05, 3.63) is 48.0 Å². The van der Waals surface area contributed by atoms with Crippen LogP contribution in [0.1, 0.15) is 31.4 Å². The normalized spacial score (nSPS) is 14.3. The fraction of sp³-hybridized carbons (Fsp3) is 0.500. The van der Waals surface area contributed by atoms with Gasteiger partial charge in [-0.3, -0.25) is 9.69 Å². The Balaban J connectivity index is 1.65. The molecule has 0 saturated carbocycles. The highest BCUT2D eigenvalue weighted by Crippen LogP contribution is 2.33. The van der Waals surface area contributed by atoms with Crippen molar-refractivity contribution < 1.29 is 33.2 Å². The lowest BCUT2D eigenvalue weighted by atomic mass is 10.0. The van der Waals surface area contributed by atoms with Crippen LogP contribution in [-0.4, -0.2) is 75.2 Å². The van der Waals surface area contributed by atoms with Gasteiger partial charge in [-0.15, -0.1) is 0 Å². The Morgan fingerprint density at radius 2 is 1.83 bits per heavy atom. The molecule has 9 heteroatoms. The molecule has 2 aromatic carbocycles. The molecule has 0 aliphatic carbocycles. The van der Waals surface area contributed by atoms with E-state index < -0.39 is 18.8 Å². The maximum Gasteiger partial charge on any atom is 0.223 e. The molecule has 1 aliphatic heterocycles. The van der Waals surface area contributed by atoms with Crippen molar-refractivity contribution in [2.75, 3.05) is 53.2 Å². The van der Waals surface area contributed by atoms with Crippen molar-refractivity contribution >= 4 is 5.91 Å². The first-order chi connectivity index (χ1) is 17.0. The van der Waals surface area contributed by atoms with Crippen molar-refractivity contribution in [3.8, 4) is 23.0 Å². The lowest BCUT2D eigenvalue weighted by molar-refractivity contribution is -0.123. The highest BCUT2D eigenvalue weighted by molar-refractivity contribution is 5.76. The molecule has 1 amide bonds. The topological polar surface area (TPSA) is 89.5 Å². The molecule has 1 aliphatic rings. The fourth-order valence-electron chi connectivity index (χ4n) is 3.92. The summed E-state index contributed by atoms with van der Waals surface area (Å²) in [6.45, 7) is 3.78. The highest BCUT2D eigenvalue weighted by Gasteiger charge is 2.26. The molecule has 1 heterocycles. The van der Waals surface area contributed by atoms with Crippen LogP contribution in [0.25, 0.3) is 0 Å². The minimum atomic E-state index is -1.02. The van der Waals surface area contributed by atoms with Crippen LogP contribution in [0, 0.1) is 0 Å². The van der Waals surface area contributed by atoms with Gasteiger partial charge in [0, 0.05) is 13.1 Å². The second kappa shape index (κ2) is 13.7. The van der Waals surface area contributed by atoms with E-state index in [1.165, 1.54) is 0 Å². The maximum absolute atomic E-state index is 13.1. The van der Waals surface area contributed by atoms with Gasteiger partial charge in [0.15, 0.2) is 11.5 Å². The molecule has 35 heavy (non-hydrogen) atoms. The molecule has 2 aromatic rings. The molecule has 8 nitrogen and oxygen atoms in total. The average Bonchev–Trinajstić information content (AvgIpc) is 2.88. The smallest absolute Gasteiger partial charge is 0.223 e. The van der Waals surface area contributed by atoms with Crippen LogP contribution in [0.3, 0.4) is 0 Å². The summed E-state index contributed by atoms with van der Waals surface area (Å²) in [7, 11) is 1.59. The summed E-state index contributed by atoms with van der Waals surface area (Å²) in [5.74, 6) is 2.25. The SMILES string of the molecule is CCCN(CCF)C[C@@H](NC(=O)CCOc1ccc(OC)cc1)[C@H](O)c1ccc2c(c1)OCCO2. The average molecular weight is 491 g/mol. The largest absolute Gasteiger partial charge is 0.497 e. The van der Waals surface area contributed by atoms with Gasteiger partial charge < -0.3 is 29.4 Å². The minimum Gasteiger partial charge on any atom is -0.497 e. The molecule has 0 bridgehead atoms. The number of nitrogens with zero attached hydrogens (tertiary/aromatic N) is 1.